The van der Waals surface area contributed by atoms with Gasteiger partial charge in [-0.1, -0.05) is 24.3 Å². The molecule has 0 aromatic heterocycles. The summed E-state index contributed by atoms with van der Waals surface area (Å²) in [4.78, 5) is 24.6. The van der Waals surface area contributed by atoms with E-state index in [1.54, 1.807) is 26.2 Å². The molecule has 4 nitrogen and oxygen atoms in total. The van der Waals surface area contributed by atoms with Gasteiger partial charge in [0.15, 0.2) is 0 Å². The zero-order valence-corrected chi connectivity index (χ0v) is 10.2. The van der Waals surface area contributed by atoms with E-state index in [9.17, 15) is 9.59 Å². The Hall–Kier alpha value is -2.36. The highest BCUT2D eigenvalue weighted by molar-refractivity contribution is 6.17. The van der Waals surface area contributed by atoms with E-state index in [1.807, 2.05) is 24.3 Å². The average molecular weight is 240 g/mol. The Labute approximate surface area is 104 Å². The molecule has 3 rings (SSSR count). The fourth-order valence-electron chi connectivity index (χ4n) is 2.32. The summed E-state index contributed by atoms with van der Waals surface area (Å²) in [5.41, 5.74) is 1.15. The fourth-order valence-corrected chi connectivity index (χ4v) is 2.32. The Morgan fingerprint density at radius 1 is 0.778 bits per heavy atom. The lowest BCUT2D eigenvalue weighted by atomic mass is 9.99. The van der Waals surface area contributed by atoms with Gasteiger partial charge in [-0.15, -0.1) is 0 Å². The molecule has 90 valence electrons. The van der Waals surface area contributed by atoms with E-state index in [-0.39, 0.29) is 11.8 Å². The molecule has 1 aliphatic rings. The zero-order valence-electron chi connectivity index (χ0n) is 10.2. The first-order chi connectivity index (χ1) is 8.61. The van der Waals surface area contributed by atoms with Crippen molar-refractivity contribution >= 4 is 22.6 Å². The molecule has 0 aliphatic carbocycles. The van der Waals surface area contributed by atoms with E-state index < -0.39 is 0 Å². The fraction of sp³-hybridized carbons (Fsp3) is 0.143. The first kappa shape index (κ1) is 10.8. The van der Waals surface area contributed by atoms with Crippen LogP contribution in [0.3, 0.4) is 0 Å². The molecule has 0 bridgehead atoms. The number of hydrazine groups is 1. The van der Waals surface area contributed by atoms with Gasteiger partial charge in [0, 0.05) is 30.6 Å². The number of nitrogens with zero attached hydrogens (tertiary/aromatic N) is 2. The van der Waals surface area contributed by atoms with Gasteiger partial charge >= 0.3 is 0 Å². The largest absolute Gasteiger partial charge is 0.272 e. The Balaban J connectivity index is 2.47. The van der Waals surface area contributed by atoms with Crippen LogP contribution in [0.25, 0.3) is 10.8 Å². The summed E-state index contributed by atoms with van der Waals surface area (Å²) in [5.74, 6) is -0.331. The molecule has 0 atom stereocenters. The van der Waals surface area contributed by atoms with Gasteiger partial charge in [0.25, 0.3) is 11.8 Å². The Morgan fingerprint density at radius 3 is 1.67 bits per heavy atom. The second kappa shape index (κ2) is 3.57. The summed E-state index contributed by atoms with van der Waals surface area (Å²) < 4.78 is 0. The first-order valence-corrected chi connectivity index (χ1v) is 5.69. The smallest absolute Gasteiger partial charge is 0.267 e. The predicted molar refractivity (Wildman–Crippen MR) is 68.1 cm³/mol. The van der Waals surface area contributed by atoms with E-state index in [1.165, 1.54) is 10.0 Å². The number of amides is 2. The van der Waals surface area contributed by atoms with Crippen molar-refractivity contribution in [2.45, 2.75) is 0 Å². The summed E-state index contributed by atoms with van der Waals surface area (Å²) in [5, 5.41) is 4.34. The van der Waals surface area contributed by atoms with Gasteiger partial charge in [0.05, 0.1) is 0 Å². The minimum absolute atomic E-state index is 0.165. The maximum absolute atomic E-state index is 12.3. The molecule has 2 aromatic rings. The molecule has 0 unspecified atom stereocenters. The molecule has 0 N–H and O–H groups in total. The summed E-state index contributed by atoms with van der Waals surface area (Å²) in [6.07, 6.45) is 0. The van der Waals surface area contributed by atoms with Gasteiger partial charge in [-0.05, 0) is 17.5 Å². The molecule has 1 aliphatic heterocycles. The number of hydrogen-bond acceptors (Lipinski definition) is 2. The van der Waals surface area contributed by atoms with Crippen LogP contribution >= 0.6 is 0 Å². The standard InChI is InChI=1S/C14H12N2O2/c1-15-13(17)10-7-3-5-9-6-4-8-11(12(9)10)14(18)16(15)2/h3-8H,1-2H3. The zero-order chi connectivity index (χ0) is 12.9. The van der Waals surface area contributed by atoms with E-state index in [0.717, 1.165) is 10.8 Å². The topological polar surface area (TPSA) is 40.6 Å². The van der Waals surface area contributed by atoms with E-state index in [2.05, 4.69) is 0 Å². The molecule has 4 heteroatoms. The molecular weight excluding hydrogens is 228 g/mol. The van der Waals surface area contributed by atoms with Gasteiger partial charge in [0.2, 0.25) is 0 Å². The highest BCUT2D eigenvalue weighted by atomic mass is 16.2. The molecule has 1 heterocycles. The van der Waals surface area contributed by atoms with Crippen LogP contribution in [0, 0.1) is 0 Å². The van der Waals surface area contributed by atoms with Gasteiger partial charge < -0.3 is 0 Å². The number of carbonyl (C=O) groups excluding carboxylic acids is 2. The van der Waals surface area contributed by atoms with Crippen molar-refractivity contribution in [3.8, 4) is 0 Å². The third-order valence-corrected chi connectivity index (χ3v) is 3.40. The lowest BCUT2D eigenvalue weighted by molar-refractivity contribution is 0.0197. The summed E-state index contributed by atoms with van der Waals surface area (Å²) >= 11 is 0. The normalized spacial score (nSPS) is 15.2. The minimum atomic E-state index is -0.165. The second-order valence-corrected chi connectivity index (χ2v) is 4.37. The highest BCUT2D eigenvalue weighted by Crippen LogP contribution is 2.28. The molecule has 0 fully saturated rings. The predicted octanol–water partition coefficient (Wildman–Crippen LogP) is 1.91. The monoisotopic (exact) mass is 240 g/mol. The third-order valence-electron chi connectivity index (χ3n) is 3.40. The molecular formula is C14H12N2O2. The summed E-state index contributed by atoms with van der Waals surface area (Å²) in [6, 6.07) is 11.0. The number of hydrogen-bond donors (Lipinski definition) is 0. The van der Waals surface area contributed by atoms with Crippen LogP contribution in [-0.4, -0.2) is 35.9 Å². The van der Waals surface area contributed by atoms with Gasteiger partial charge in [-0.25, -0.2) is 0 Å². The van der Waals surface area contributed by atoms with E-state index in [0.29, 0.717) is 11.1 Å². The molecule has 2 amide bonds. The van der Waals surface area contributed by atoms with Crippen LogP contribution in [0.5, 0.6) is 0 Å². The van der Waals surface area contributed by atoms with Crippen LogP contribution in [-0.2, 0) is 0 Å². The van der Waals surface area contributed by atoms with Gasteiger partial charge in [-0.3, -0.25) is 19.6 Å². The van der Waals surface area contributed by atoms with Crippen molar-refractivity contribution in [2.75, 3.05) is 14.1 Å². The Kier molecular flexibility index (Phi) is 2.13. The number of benzene rings is 2. The van der Waals surface area contributed by atoms with Crippen molar-refractivity contribution in [2.24, 2.45) is 0 Å². The molecule has 2 aromatic carbocycles. The highest BCUT2D eigenvalue weighted by Gasteiger charge is 2.29. The molecule has 18 heavy (non-hydrogen) atoms. The second-order valence-electron chi connectivity index (χ2n) is 4.37. The summed E-state index contributed by atoms with van der Waals surface area (Å²) in [6.45, 7) is 0. The lowest BCUT2D eigenvalue weighted by Crippen LogP contribution is -2.43. The maximum atomic E-state index is 12.3. The van der Waals surface area contributed by atoms with Gasteiger partial charge in [-0.2, -0.15) is 0 Å². The van der Waals surface area contributed by atoms with E-state index >= 15 is 0 Å². The Morgan fingerprint density at radius 2 is 1.22 bits per heavy atom. The van der Waals surface area contributed by atoms with Crippen molar-refractivity contribution in [3.05, 3.63) is 47.5 Å². The van der Waals surface area contributed by atoms with Crippen LogP contribution in [0.15, 0.2) is 36.4 Å². The van der Waals surface area contributed by atoms with Crippen LogP contribution < -0.4 is 0 Å². The van der Waals surface area contributed by atoms with Gasteiger partial charge in [0.1, 0.15) is 0 Å². The van der Waals surface area contributed by atoms with E-state index in [4.69, 9.17) is 0 Å². The Bertz CT molecular complexity index is 624. The van der Waals surface area contributed by atoms with Crippen LogP contribution in [0.4, 0.5) is 0 Å². The average Bonchev–Trinajstić information content (AvgIpc) is 2.47. The maximum Gasteiger partial charge on any atom is 0.272 e. The number of carbonyl (C=O) groups is 2. The SMILES string of the molecule is CN1C(=O)c2cccc3cccc(c23)C(=O)N1C. The lowest BCUT2D eigenvalue weighted by Gasteiger charge is -2.25. The molecule has 0 radical (unpaired) electrons. The van der Waals surface area contributed by atoms with Crippen LogP contribution in [0.1, 0.15) is 20.7 Å². The quantitative estimate of drug-likeness (QED) is 0.705. The number of rotatable bonds is 0. The van der Waals surface area contributed by atoms with Crippen molar-refractivity contribution in [3.63, 3.8) is 0 Å². The third kappa shape index (κ3) is 1.26. The molecule has 0 spiro atoms. The van der Waals surface area contributed by atoms with Crippen molar-refractivity contribution in [1.29, 1.82) is 0 Å². The van der Waals surface area contributed by atoms with Crippen molar-refractivity contribution < 1.29 is 9.59 Å². The summed E-state index contributed by atoms with van der Waals surface area (Å²) in [7, 11) is 3.20. The molecule has 0 saturated carbocycles. The van der Waals surface area contributed by atoms with Crippen molar-refractivity contribution in [1.82, 2.24) is 10.0 Å². The molecule has 0 saturated heterocycles. The van der Waals surface area contributed by atoms with Crippen LogP contribution in [0.2, 0.25) is 0 Å². The first-order valence-electron chi connectivity index (χ1n) is 5.69. The minimum Gasteiger partial charge on any atom is -0.267 e.